The Morgan fingerprint density at radius 3 is 2.79 bits per heavy atom. The molecule has 0 saturated carbocycles. The van der Waals surface area contributed by atoms with E-state index in [1.54, 1.807) is 19.2 Å². The van der Waals surface area contributed by atoms with E-state index in [2.05, 4.69) is 5.16 Å². The van der Waals surface area contributed by atoms with Crippen LogP contribution in [-0.4, -0.2) is 55.7 Å². The van der Waals surface area contributed by atoms with Gasteiger partial charge in [-0.05, 0) is 25.0 Å². The third-order valence-electron chi connectivity index (χ3n) is 4.48. The number of para-hydroxylation sites is 1. The minimum absolute atomic E-state index is 0.0153. The number of carbonyl (C=O) groups excluding carboxylic acids is 1. The van der Waals surface area contributed by atoms with Gasteiger partial charge in [0.1, 0.15) is 5.75 Å². The smallest absolute Gasteiger partial charge is 0.266 e. The van der Waals surface area contributed by atoms with Gasteiger partial charge in [0.05, 0.1) is 12.7 Å². The second-order valence-electron chi connectivity index (χ2n) is 5.93. The number of benzene rings is 1. The number of nitrogens with zero attached hydrogens (tertiary/aromatic N) is 2. The average Bonchev–Trinajstić information content (AvgIpc) is 3.01. The van der Waals surface area contributed by atoms with E-state index in [-0.39, 0.29) is 17.8 Å². The van der Waals surface area contributed by atoms with Gasteiger partial charge >= 0.3 is 0 Å². The minimum atomic E-state index is -0.568. The first-order valence-electron chi connectivity index (χ1n) is 8.21. The minimum Gasteiger partial charge on any atom is -0.496 e. The molecule has 0 bridgehead atoms. The summed E-state index contributed by atoms with van der Waals surface area (Å²) in [5.74, 6) is 0.798. The van der Waals surface area contributed by atoms with Crippen molar-refractivity contribution in [2.24, 2.45) is 10.9 Å². The molecule has 1 amide bonds. The molecule has 2 N–H and O–H groups in total. The Balaban J connectivity index is 1.63. The van der Waals surface area contributed by atoms with Crippen molar-refractivity contribution in [3.8, 4) is 5.75 Å². The van der Waals surface area contributed by atoms with Crippen LogP contribution in [0.5, 0.6) is 5.75 Å². The molecule has 2 heterocycles. The molecule has 24 heavy (non-hydrogen) atoms. The predicted molar refractivity (Wildman–Crippen MR) is 88.8 cm³/mol. The zero-order chi connectivity index (χ0) is 16.9. The summed E-state index contributed by atoms with van der Waals surface area (Å²) in [7, 11) is 1.57. The van der Waals surface area contributed by atoms with Crippen LogP contribution < -0.4 is 10.5 Å². The summed E-state index contributed by atoms with van der Waals surface area (Å²) in [6, 6.07) is 7.53. The van der Waals surface area contributed by atoms with Crippen molar-refractivity contribution in [3.05, 3.63) is 29.8 Å². The zero-order valence-electron chi connectivity index (χ0n) is 13.8. The number of rotatable bonds is 5. The number of oxime groups is 1. The van der Waals surface area contributed by atoms with Crippen molar-refractivity contribution < 1.29 is 19.1 Å². The van der Waals surface area contributed by atoms with Gasteiger partial charge in [0.15, 0.2) is 5.84 Å². The van der Waals surface area contributed by atoms with Gasteiger partial charge in [0, 0.05) is 32.2 Å². The van der Waals surface area contributed by atoms with E-state index >= 15 is 0 Å². The number of carbonyl (C=O) groups is 1. The maximum Gasteiger partial charge on any atom is 0.266 e. The molecule has 0 spiro atoms. The first-order chi connectivity index (χ1) is 11.7. The van der Waals surface area contributed by atoms with Crippen molar-refractivity contribution in [3.63, 3.8) is 0 Å². The zero-order valence-corrected chi connectivity index (χ0v) is 13.8. The standard InChI is InChI=1S/C17H23N3O4/c1-22-14-5-3-2-4-13(14)16(18)19-24-15-6-9-20(17(15)21)12-7-10-23-11-8-12/h2-5,12,15H,6-11H2,1H3,(H2,18,19)/t15-/m1/s1. The molecule has 1 aromatic rings. The maximum absolute atomic E-state index is 12.5. The molecule has 0 radical (unpaired) electrons. The number of amides is 1. The van der Waals surface area contributed by atoms with E-state index in [0.29, 0.717) is 37.5 Å². The van der Waals surface area contributed by atoms with Gasteiger partial charge in [-0.3, -0.25) is 4.79 Å². The molecule has 3 rings (SSSR count). The van der Waals surface area contributed by atoms with Gasteiger partial charge in [0.25, 0.3) is 5.91 Å². The van der Waals surface area contributed by atoms with Crippen molar-refractivity contribution in [1.29, 1.82) is 0 Å². The van der Waals surface area contributed by atoms with Crippen molar-refractivity contribution in [1.82, 2.24) is 4.90 Å². The SMILES string of the molecule is COc1ccccc1/C(N)=N\O[C@@H]1CCN(C2CCOCC2)C1=O. The van der Waals surface area contributed by atoms with E-state index in [1.165, 1.54) is 0 Å². The number of amidine groups is 1. The number of hydrogen-bond donors (Lipinski definition) is 1. The molecule has 7 heteroatoms. The Bertz CT molecular complexity index is 614. The second kappa shape index (κ2) is 7.53. The highest BCUT2D eigenvalue weighted by atomic mass is 16.6. The summed E-state index contributed by atoms with van der Waals surface area (Å²) in [6.45, 7) is 2.11. The first-order valence-corrected chi connectivity index (χ1v) is 8.21. The van der Waals surface area contributed by atoms with Crippen LogP contribution in [0.25, 0.3) is 0 Å². The fourth-order valence-electron chi connectivity index (χ4n) is 3.16. The number of methoxy groups -OCH3 is 1. The molecule has 7 nitrogen and oxygen atoms in total. The normalized spacial score (nSPS) is 22.7. The van der Waals surface area contributed by atoms with Gasteiger partial charge in [-0.2, -0.15) is 0 Å². The van der Waals surface area contributed by atoms with E-state index < -0.39 is 6.10 Å². The van der Waals surface area contributed by atoms with Gasteiger partial charge in [-0.25, -0.2) is 0 Å². The number of nitrogens with two attached hydrogens (primary N) is 1. The summed E-state index contributed by atoms with van der Waals surface area (Å²) in [4.78, 5) is 19.8. The van der Waals surface area contributed by atoms with Crippen LogP contribution >= 0.6 is 0 Å². The van der Waals surface area contributed by atoms with Gasteiger partial charge in [-0.15, -0.1) is 0 Å². The Kier molecular flexibility index (Phi) is 5.20. The molecule has 1 aromatic carbocycles. The lowest BCUT2D eigenvalue weighted by Crippen LogP contribution is -2.42. The molecule has 2 aliphatic heterocycles. The Morgan fingerprint density at radius 2 is 2.04 bits per heavy atom. The quantitative estimate of drug-likeness (QED) is 0.496. The molecule has 2 saturated heterocycles. The first kappa shape index (κ1) is 16.6. The average molecular weight is 333 g/mol. The lowest BCUT2D eigenvalue weighted by molar-refractivity contribution is -0.140. The van der Waals surface area contributed by atoms with Crippen LogP contribution in [0.4, 0.5) is 0 Å². The van der Waals surface area contributed by atoms with Crippen LogP contribution in [0.1, 0.15) is 24.8 Å². The summed E-state index contributed by atoms with van der Waals surface area (Å²) >= 11 is 0. The molecular weight excluding hydrogens is 310 g/mol. The van der Waals surface area contributed by atoms with Gasteiger partial charge < -0.3 is 24.9 Å². The summed E-state index contributed by atoms with van der Waals surface area (Å²) in [5, 5.41) is 3.96. The Morgan fingerprint density at radius 1 is 1.29 bits per heavy atom. The number of likely N-dealkylation sites (tertiary alicyclic amines) is 1. The van der Waals surface area contributed by atoms with Gasteiger partial charge in [0.2, 0.25) is 6.10 Å². The van der Waals surface area contributed by atoms with E-state index in [4.69, 9.17) is 20.0 Å². The number of hydrogen-bond acceptors (Lipinski definition) is 5. The third-order valence-corrected chi connectivity index (χ3v) is 4.48. The molecule has 130 valence electrons. The molecule has 0 aromatic heterocycles. The molecule has 0 aliphatic carbocycles. The van der Waals surface area contributed by atoms with Crippen LogP contribution in [0.3, 0.4) is 0 Å². The molecule has 2 aliphatic rings. The maximum atomic E-state index is 12.5. The molecule has 1 atom stereocenters. The lowest BCUT2D eigenvalue weighted by atomic mass is 10.1. The van der Waals surface area contributed by atoms with Crippen LogP contribution in [0.2, 0.25) is 0 Å². The summed E-state index contributed by atoms with van der Waals surface area (Å²) < 4.78 is 10.6. The fourth-order valence-corrected chi connectivity index (χ4v) is 3.16. The summed E-state index contributed by atoms with van der Waals surface area (Å²) in [6.07, 6.45) is 1.82. The second-order valence-corrected chi connectivity index (χ2v) is 5.93. The topological polar surface area (TPSA) is 86.4 Å². The highest BCUT2D eigenvalue weighted by molar-refractivity contribution is 5.99. The largest absolute Gasteiger partial charge is 0.496 e. The number of ether oxygens (including phenoxy) is 2. The van der Waals surface area contributed by atoms with E-state index in [9.17, 15) is 4.79 Å². The molecule has 0 unspecified atom stereocenters. The fraction of sp³-hybridized carbons (Fsp3) is 0.529. The van der Waals surface area contributed by atoms with Gasteiger partial charge in [-0.1, -0.05) is 17.3 Å². The summed E-state index contributed by atoms with van der Waals surface area (Å²) in [5.41, 5.74) is 6.62. The van der Waals surface area contributed by atoms with E-state index in [0.717, 1.165) is 12.8 Å². The Labute approximate surface area is 141 Å². The van der Waals surface area contributed by atoms with Crippen LogP contribution in [0.15, 0.2) is 29.4 Å². The molecule has 2 fully saturated rings. The highest BCUT2D eigenvalue weighted by Gasteiger charge is 2.38. The predicted octanol–water partition coefficient (Wildman–Crippen LogP) is 1.11. The van der Waals surface area contributed by atoms with Crippen molar-refractivity contribution in [2.45, 2.75) is 31.4 Å². The monoisotopic (exact) mass is 333 g/mol. The molecular formula is C17H23N3O4. The lowest BCUT2D eigenvalue weighted by Gasteiger charge is -2.30. The van der Waals surface area contributed by atoms with Crippen LogP contribution in [-0.2, 0) is 14.4 Å². The Hall–Kier alpha value is -2.28. The van der Waals surface area contributed by atoms with E-state index in [1.807, 2.05) is 17.0 Å². The van der Waals surface area contributed by atoms with Crippen molar-refractivity contribution >= 4 is 11.7 Å². The highest BCUT2D eigenvalue weighted by Crippen LogP contribution is 2.23. The van der Waals surface area contributed by atoms with Crippen molar-refractivity contribution in [2.75, 3.05) is 26.9 Å². The third kappa shape index (κ3) is 3.46. The van der Waals surface area contributed by atoms with Crippen LogP contribution in [0, 0.1) is 0 Å².